The van der Waals surface area contributed by atoms with Gasteiger partial charge in [-0.1, -0.05) is 5.92 Å². The number of nitrogens with two attached hydrogens (primary N) is 1. The molecule has 13 heavy (non-hydrogen) atoms. The first-order chi connectivity index (χ1) is 6.15. The molecule has 0 saturated carbocycles. The number of nitrogens with zero attached hydrogens (tertiary/aromatic N) is 1. The minimum atomic E-state index is -0.127. The molecular weight excluding hydrogens is 184 g/mol. The van der Waals surface area contributed by atoms with E-state index in [1.807, 2.05) is 6.92 Å². The lowest BCUT2D eigenvalue weighted by molar-refractivity contribution is 0.0994. The molecule has 0 radical (unpaired) electrons. The third kappa shape index (κ3) is 2.38. The van der Waals surface area contributed by atoms with Gasteiger partial charge in [-0.3, -0.25) is 4.79 Å². The van der Waals surface area contributed by atoms with Crippen molar-refractivity contribution in [1.29, 1.82) is 0 Å². The zero-order valence-corrected chi connectivity index (χ0v) is 8.10. The highest BCUT2D eigenvalue weighted by molar-refractivity contribution is 7.09. The van der Waals surface area contributed by atoms with Crippen LogP contribution in [0.4, 0.5) is 0 Å². The second-order valence-electron chi connectivity index (χ2n) is 2.66. The summed E-state index contributed by atoms with van der Waals surface area (Å²) in [5.74, 6) is 2.17. The molecule has 3 nitrogen and oxygen atoms in total. The normalized spacial score (nSPS) is 12.1. The third-order valence-electron chi connectivity index (χ3n) is 1.46. The van der Waals surface area contributed by atoms with Gasteiger partial charge in [0.25, 0.3) is 0 Å². The van der Waals surface area contributed by atoms with Crippen LogP contribution in [0, 0.1) is 12.3 Å². The zero-order valence-electron chi connectivity index (χ0n) is 7.28. The van der Waals surface area contributed by atoms with Crippen molar-refractivity contribution in [1.82, 2.24) is 4.98 Å². The summed E-state index contributed by atoms with van der Waals surface area (Å²) in [6, 6.07) is -0.127. The molecule has 0 aliphatic heterocycles. The maximum atomic E-state index is 11.2. The Bertz CT molecular complexity index is 349. The van der Waals surface area contributed by atoms with E-state index in [-0.39, 0.29) is 18.2 Å². The van der Waals surface area contributed by atoms with E-state index in [0.717, 1.165) is 5.01 Å². The van der Waals surface area contributed by atoms with E-state index >= 15 is 0 Å². The molecule has 1 rings (SSSR count). The number of terminal acetylenes is 1. The van der Waals surface area contributed by atoms with Crippen LogP contribution in [0.15, 0.2) is 5.38 Å². The van der Waals surface area contributed by atoms with Crippen LogP contribution in [0.3, 0.4) is 0 Å². The van der Waals surface area contributed by atoms with E-state index in [1.54, 1.807) is 5.38 Å². The highest BCUT2D eigenvalue weighted by Crippen LogP contribution is 2.16. The molecule has 2 N–H and O–H groups in total. The van der Waals surface area contributed by atoms with Gasteiger partial charge in [0.05, 0.1) is 12.5 Å². The monoisotopic (exact) mass is 194 g/mol. The van der Waals surface area contributed by atoms with Crippen LogP contribution < -0.4 is 5.73 Å². The van der Waals surface area contributed by atoms with Crippen LogP contribution in [-0.2, 0) is 0 Å². The van der Waals surface area contributed by atoms with Gasteiger partial charge in [-0.2, -0.15) is 0 Å². The van der Waals surface area contributed by atoms with Gasteiger partial charge in [-0.05, 0) is 6.92 Å². The Hall–Kier alpha value is -1.18. The number of ketones is 1. The first-order valence-corrected chi connectivity index (χ1v) is 4.70. The molecule has 0 fully saturated rings. The van der Waals surface area contributed by atoms with E-state index in [2.05, 4.69) is 10.9 Å². The van der Waals surface area contributed by atoms with E-state index in [4.69, 9.17) is 12.2 Å². The lowest BCUT2D eigenvalue weighted by Crippen LogP contribution is -2.05. The Morgan fingerprint density at radius 2 is 2.62 bits per heavy atom. The molecule has 0 amide bonds. The quantitative estimate of drug-likeness (QED) is 0.584. The van der Waals surface area contributed by atoms with Crippen LogP contribution in [-0.4, -0.2) is 10.8 Å². The Balaban J connectivity index is 2.81. The van der Waals surface area contributed by atoms with Crippen molar-refractivity contribution in [2.75, 3.05) is 0 Å². The standard InChI is InChI=1S/C9H10N2OS/c1-3-4-8(12)7-5-13-9(11-7)6(2)10/h1,5-6H,4,10H2,2H3. The van der Waals surface area contributed by atoms with Crippen molar-refractivity contribution in [3.05, 3.63) is 16.1 Å². The molecule has 4 heteroatoms. The number of aromatic nitrogens is 1. The molecular formula is C9H10N2OS. The minimum absolute atomic E-state index is 0.0993. The van der Waals surface area contributed by atoms with Gasteiger partial charge < -0.3 is 5.73 Å². The molecule has 1 atom stereocenters. The summed E-state index contributed by atoms with van der Waals surface area (Å²) in [7, 11) is 0. The van der Waals surface area contributed by atoms with Gasteiger partial charge >= 0.3 is 0 Å². The van der Waals surface area contributed by atoms with E-state index < -0.39 is 0 Å². The molecule has 0 aliphatic carbocycles. The van der Waals surface area contributed by atoms with Crippen LogP contribution >= 0.6 is 11.3 Å². The summed E-state index contributed by atoms with van der Waals surface area (Å²) < 4.78 is 0. The first kappa shape index (κ1) is 9.90. The van der Waals surface area contributed by atoms with Crippen molar-refractivity contribution in [3.63, 3.8) is 0 Å². The van der Waals surface area contributed by atoms with Crippen molar-refractivity contribution in [3.8, 4) is 12.3 Å². The SMILES string of the molecule is C#CCC(=O)c1csc(C(C)N)n1. The number of carbonyl (C=O) groups is 1. The topological polar surface area (TPSA) is 56.0 Å². The maximum Gasteiger partial charge on any atom is 0.193 e. The second-order valence-corrected chi connectivity index (χ2v) is 3.55. The van der Waals surface area contributed by atoms with Crippen molar-refractivity contribution in [2.45, 2.75) is 19.4 Å². The first-order valence-electron chi connectivity index (χ1n) is 3.82. The molecule has 1 unspecified atom stereocenters. The number of Topliss-reactive ketones (excluding diaryl/α,β-unsaturated/α-hetero) is 1. The molecule has 1 aromatic heterocycles. The highest BCUT2D eigenvalue weighted by atomic mass is 32.1. The molecule has 68 valence electrons. The fourth-order valence-electron chi connectivity index (χ4n) is 0.808. The molecule has 0 spiro atoms. The van der Waals surface area contributed by atoms with Crippen molar-refractivity contribution < 1.29 is 4.79 Å². The Morgan fingerprint density at radius 1 is 1.92 bits per heavy atom. The predicted molar refractivity (Wildman–Crippen MR) is 52.5 cm³/mol. The predicted octanol–water partition coefficient (Wildman–Crippen LogP) is 1.37. The molecule has 0 bridgehead atoms. The van der Waals surface area contributed by atoms with Gasteiger partial charge in [0.2, 0.25) is 0 Å². The fraction of sp³-hybridized carbons (Fsp3) is 0.333. The lowest BCUT2D eigenvalue weighted by atomic mass is 10.2. The molecule has 0 aromatic carbocycles. The Morgan fingerprint density at radius 3 is 3.08 bits per heavy atom. The van der Waals surface area contributed by atoms with E-state index in [9.17, 15) is 4.79 Å². The molecule has 1 aromatic rings. The van der Waals surface area contributed by atoms with Crippen molar-refractivity contribution >= 4 is 17.1 Å². The fourth-order valence-corrected chi connectivity index (χ4v) is 1.59. The average Bonchev–Trinajstić information content (AvgIpc) is 2.52. The molecule has 0 saturated heterocycles. The number of thiazole rings is 1. The van der Waals surface area contributed by atoms with E-state index in [0.29, 0.717) is 5.69 Å². The van der Waals surface area contributed by atoms with Crippen LogP contribution in [0.25, 0.3) is 0 Å². The number of carbonyl (C=O) groups excluding carboxylic acids is 1. The number of hydrogen-bond donors (Lipinski definition) is 1. The number of rotatable bonds is 3. The summed E-state index contributed by atoms with van der Waals surface area (Å²) in [6.07, 6.45) is 5.11. The van der Waals surface area contributed by atoms with Gasteiger partial charge in [-0.15, -0.1) is 17.8 Å². The smallest absolute Gasteiger partial charge is 0.193 e. The summed E-state index contributed by atoms with van der Waals surface area (Å²) >= 11 is 1.39. The lowest BCUT2D eigenvalue weighted by Gasteiger charge is -1.96. The van der Waals surface area contributed by atoms with Crippen LogP contribution in [0.2, 0.25) is 0 Å². The number of hydrogen-bond acceptors (Lipinski definition) is 4. The van der Waals surface area contributed by atoms with Gasteiger partial charge in [0.15, 0.2) is 5.78 Å². The summed E-state index contributed by atoms with van der Waals surface area (Å²) in [5.41, 5.74) is 6.02. The third-order valence-corrected chi connectivity index (χ3v) is 2.51. The largest absolute Gasteiger partial charge is 0.322 e. The average molecular weight is 194 g/mol. The van der Waals surface area contributed by atoms with Crippen LogP contribution in [0.1, 0.15) is 34.9 Å². The highest BCUT2D eigenvalue weighted by Gasteiger charge is 2.11. The Labute approximate surface area is 81.0 Å². The van der Waals surface area contributed by atoms with Gasteiger partial charge in [0.1, 0.15) is 10.7 Å². The maximum absolute atomic E-state index is 11.2. The van der Waals surface area contributed by atoms with Gasteiger partial charge in [-0.25, -0.2) is 4.98 Å². The van der Waals surface area contributed by atoms with Gasteiger partial charge in [0, 0.05) is 5.38 Å². The molecule has 1 heterocycles. The second kappa shape index (κ2) is 4.17. The summed E-state index contributed by atoms with van der Waals surface area (Å²) in [4.78, 5) is 15.3. The van der Waals surface area contributed by atoms with Crippen molar-refractivity contribution in [2.24, 2.45) is 5.73 Å². The summed E-state index contributed by atoms with van der Waals surface area (Å²) in [5, 5.41) is 2.46. The molecule has 0 aliphatic rings. The van der Waals surface area contributed by atoms with Crippen LogP contribution in [0.5, 0.6) is 0 Å². The Kier molecular flexibility index (Phi) is 3.18. The minimum Gasteiger partial charge on any atom is -0.322 e. The van der Waals surface area contributed by atoms with E-state index in [1.165, 1.54) is 11.3 Å². The zero-order chi connectivity index (χ0) is 9.84. The summed E-state index contributed by atoms with van der Waals surface area (Å²) in [6.45, 7) is 1.83.